The molecule has 6 heteroatoms. The average molecular weight is 325 g/mol. The third-order valence-corrected chi connectivity index (χ3v) is 3.46. The van der Waals surface area contributed by atoms with Gasteiger partial charge in [0.2, 0.25) is 11.8 Å². The molecule has 0 atom stereocenters. The van der Waals surface area contributed by atoms with E-state index < -0.39 is 0 Å². The second kappa shape index (κ2) is 8.01. The van der Waals surface area contributed by atoms with Gasteiger partial charge in [0.15, 0.2) is 5.78 Å². The predicted octanol–water partition coefficient (Wildman–Crippen LogP) is 2.27. The van der Waals surface area contributed by atoms with Gasteiger partial charge in [-0.1, -0.05) is 12.1 Å². The molecule has 0 bridgehead atoms. The second-order valence-corrected chi connectivity index (χ2v) is 5.42. The van der Waals surface area contributed by atoms with Crippen LogP contribution in [0.25, 0.3) is 0 Å². The lowest BCUT2D eigenvalue weighted by molar-refractivity contribution is -0.133. The Morgan fingerprint density at radius 2 is 1.79 bits per heavy atom. The summed E-state index contributed by atoms with van der Waals surface area (Å²) in [4.78, 5) is 40.7. The van der Waals surface area contributed by atoms with Crippen LogP contribution in [0, 0.1) is 0 Å². The van der Waals surface area contributed by atoms with Crippen molar-refractivity contribution < 1.29 is 14.4 Å². The van der Waals surface area contributed by atoms with Gasteiger partial charge in [-0.15, -0.1) is 0 Å². The normalized spacial score (nSPS) is 10.1. The summed E-state index contributed by atoms with van der Waals surface area (Å²) in [5, 5.41) is 2.71. The molecule has 124 valence electrons. The summed E-state index contributed by atoms with van der Waals surface area (Å²) in [6.45, 7) is 3.15. The molecule has 0 spiro atoms. The van der Waals surface area contributed by atoms with Crippen molar-refractivity contribution in [2.75, 3.05) is 11.9 Å². The molecule has 0 fully saturated rings. The molecule has 0 aliphatic heterocycles. The Labute approximate surface area is 140 Å². The van der Waals surface area contributed by atoms with Crippen LogP contribution < -0.4 is 5.32 Å². The van der Waals surface area contributed by atoms with Crippen LogP contribution >= 0.6 is 0 Å². The molecular weight excluding hydrogens is 306 g/mol. The van der Waals surface area contributed by atoms with Crippen LogP contribution in [-0.2, 0) is 16.1 Å². The Hall–Kier alpha value is -3.02. The SMILES string of the molecule is CC(=O)c1cccc(NC(=O)CN(Cc2ccncc2)C(C)=O)c1. The number of benzene rings is 1. The third-order valence-electron chi connectivity index (χ3n) is 3.46. The van der Waals surface area contributed by atoms with Crippen molar-refractivity contribution in [3.05, 3.63) is 59.9 Å². The Morgan fingerprint density at radius 1 is 1.08 bits per heavy atom. The van der Waals surface area contributed by atoms with Crippen LogP contribution in [0.5, 0.6) is 0 Å². The zero-order valence-electron chi connectivity index (χ0n) is 13.7. The highest BCUT2D eigenvalue weighted by molar-refractivity contribution is 5.98. The van der Waals surface area contributed by atoms with Crippen molar-refractivity contribution in [1.29, 1.82) is 0 Å². The van der Waals surface area contributed by atoms with Crippen molar-refractivity contribution in [2.45, 2.75) is 20.4 Å². The maximum absolute atomic E-state index is 12.2. The maximum atomic E-state index is 12.2. The van der Waals surface area contributed by atoms with Crippen LogP contribution in [0.2, 0.25) is 0 Å². The molecule has 0 aliphatic carbocycles. The largest absolute Gasteiger partial charge is 0.329 e. The Bertz CT molecular complexity index is 744. The second-order valence-electron chi connectivity index (χ2n) is 5.42. The van der Waals surface area contributed by atoms with Crippen LogP contribution in [0.15, 0.2) is 48.8 Å². The van der Waals surface area contributed by atoms with Gasteiger partial charge in [-0.3, -0.25) is 19.4 Å². The molecule has 0 unspecified atom stereocenters. The highest BCUT2D eigenvalue weighted by Crippen LogP contribution is 2.11. The standard InChI is InChI=1S/C18H19N3O3/c1-13(22)16-4-3-5-17(10-16)20-18(24)12-21(14(2)23)11-15-6-8-19-9-7-15/h3-10H,11-12H2,1-2H3,(H,20,24). The predicted molar refractivity (Wildman–Crippen MR) is 90.4 cm³/mol. The molecule has 2 amide bonds. The van der Waals surface area contributed by atoms with Gasteiger partial charge < -0.3 is 10.2 Å². The molecule has 1 heterocycles. The van der Waals surface area contributed by atoms with E-state index in [4.69, 9.17) is 0 Å². The number of amides is 2. The van der Waals surface area contributed by atoms with E-state index in [1.165, 1.54) is 18.7 Å². The van der Waals surface area contributed by atoms with E-state index in [0.29, 0.717) is 17.8 Å². The lowest BCUT2D eigenvalue weighted by Crippen LogP contribution is -2.36. The molecule has 24 heavy (non-hydrogen) atoms. The fourth-order valence-electron chi connectivity index (χ4n) is 2.18. The fraction of sp³-hybridized carbons (Fsp3) is 0.222. The molecule has 0 aliphatic rings. The van der Waals surface area contributed by atoms with Crippen LogP contribution in [0.4, 0.5) is 5.69 Å². The zero-order chi connectivity index (χ0) is 17.5. The Balaban J connectivity index is 2.02. The smallest absolute Gasteiger partial charge is 0.244 e. The summed E-state index contributed by atoms with van der Waals surface area (Å²) in [5.41, 5.74) is 1.94. The molecule has 6 nitrogen and oxygen atoms in total. The van der Waals surface area contributed by atoms with E-state index in [1.54, 1.807) is 48.8 Å². The summed E-state index contributed by atoms with van der Waals surface area (Å²) in [6, 6.07) is 10.3. The first-order chi connectivity index (χ1) is 11.5. The van der Waals surface area contributed by atoms with Gasteiger partial charge in [0.1, 0.15) is 6.54 Å². The fourth-order valence-corrected chi connectivity index (χ4v) is 2.18. The first kappa shape index (κ1) is 17.3. The van der Waals surface area contributed by atoms with E-state index in [9.17, 15) is 14.4 Å². The van der Waals surface area contributed by atoms with E-state index in [2.05, 4.69) is 10.3 Å². The van der Waals surface area contributed by atoms with Gasteiger partial charge in [-0.2, -0.15) is 0 Å². The maximum Gasteiger partial charge on any atom is 0.244 e. The van der Waals surface area contributed by atoms with Crippen molar-refractivity contribution in [2.24, 2.45) is 0 Å². The molecule has 0 radical (unpaired) electrons. The van der Waals surface area contributed by atoms with Gasteiger partial charge in [0.25, 0.3) is 0 Å². The molecule has 1 aromatic carbocycles. The van der Waals surface area contributed by atoms with Crippen molar-refractivity contribution in [3.63, 3.8) is 0 Å². The van der Waals surface area contributed by atoms with Crippen molar-refractivity contribution >= 4 is 23.3 Å². The molecule has 2 aromatic rings. The first-order valence-electron chi connectivity index (χ1n) is 7.51. The van der Waals surface area contributed by atoms with Gasteiger partial charge in [-0.25, -0.2) is 0 Å². The van der Waals surface area contributed by atoms with E-state index in [0.717, 1.165) is 5.56 Å². The molecule has 1 aromatic heterocycles. The molecule has 2 rings (SSSR count). The minimum atomic E-state index is -0.319. The summed E-state index contributed by atoms with van der Waals surface area (Å²) >= 11 is 0. The van der Waals surface area contributed by atoms with E-state index in [-0.39, 0.29) is 24.1 Å². The number of carbonyl (C=O) groups is 3. The van der Waals surface area contributed by atoms with E-state index in [1.807, 2.05) is 0 Å². The van der Waals surface area contributed by atoms with Crippen LogP contribution in [0.1, 0.15) is 29.8 Å². The number of Topliss-reactive ketones (excluding diaryl/α,β-unsaturated/α-hetero) is 1. The summed E-state index contributed by atoms with van der Waals surface area (Å²) in [7, 11) is 0. The Kier molecular flexibility index (Phi) is 5.78. The quantitative estimate of drug-likeness (QED) is 0.826. The number of rotatable bonds is 6. The zero-order valence-corrected chi connectivity index (χ0v) is 13.7. The topological polar surface area (TPSA) is 79.4 Å². The summed E-state index contributed by atoms with van der Waals surface area (Å²) in [5.74, 6) is -0.589. The number of pyridine rings is 1. The third kappa shape index (κ3) is 5.01. The van der Waals surface area contributed by atoms with Gasteiger partial charge in [-0.05, 0) is 36.8 Å². The molecular formula is C18H19N3O3. The van der Waals surface area contributed by atoms with Crippen molar-refractivity contribution in [3.8, 4) is 0 Å². The lowest BCUT2D eigenvalue weighted by Gasteiger charge is -2.20. The highest BCUT2D eigenvalue weighted by Gasteiger charge is 2.14. The molecule has 0 saturated carbocycles. The summed E-state index contributed by atoms with van der Waals surface area (Å²) < 4.78 is 0. The number of hydrogen-bond acceptors (Lipinski definition) is 4. The van der Waals surface area contributed by atoms with E-state index >= 15 is 0 Å². The number of nitrogens with one attached hydrogen (secondary N) is 1. The van der Waals surface area contributed by atoms with Gasteiger partial charge in [0, 0.05) is 37.1 Å². The number of ketones is 1. The Morgan fingerprint density at radius 3 is 2.42 bits per heavy atom. The van der Waals surface area contributed by atoms with Gasteiger partial charge >= 0.3 is 0 Å². The number of nitrogens with zero attached hydrogens (tertiary/aromatic N) is 2. The molecule has 1 N–H and O–H groups in total. The van der Waals surface area contributed by atoms with Crippen LogP contribution in [0.3, 0.4) is 0 Å². The van der Waals surface area contributed by atoms with Gasteiger partial charge in [0.05, 0.1) is 0 Å². The summed E-state index contributed by atoms with van der Waals surface area (Å²) in [6.07, 6.45) is 3.28. The minimum Gasteiger partial charge on any atom is -0.329 e. The monoisotopic (exact) mass is 325 g/mol. The number of hydrogen-bond donors (Lipinski definition) is 1. The molecule has 0 saturated heterocycles. The number of anilines is 1. The minimum absolute atomic E-state index is 0.0675. The highest BCUT2D eigenvalue weighted by atomic mass is 16.2. The number of carbonyl (C=O) groups excluding carboxylic acids is 3. The average Bonchev–Trinajstić information content (AvgIpc) is 2.55. The van der Waals surface area contributed by atoms with Crippen molar-refractivity contribution in [1.82, 2.24) is 9.88 Å². The lowest BCUT2D eigenvalue weighted by atomic mass is 10.1. The van der Waals surface area contributed by atoms with Crippen LogP contribution in [-0.4, -0.2) is 34.0 Å². The number of aromatic nitrogens is 1. The first-order valence-corrected chi connectivity index (χ1v) is 7.51.